The third-order valence-corrected chi connectivity index (χ3v) is 4.47. The van der Waals surface area contributed by atoms with E-state index >= 15 is 0 Å². The van der Waals surface area contributed by atoms with Gasteiger partial charge in [0.1, 0.15) is 12.1 Å². The summed E-state index contributed by atoms with van der Waals surface area (Å²) in [5.74, 6) is 0.698. The first-order valence-electron chi connectivity index (χ1n) is 7.74. The highest BCUT2D eigenvalue weighted by molar-refractivity contribution is 6.33. The van der Waals surface area contributed by atoms with Gasteiger partial charge in [0.15, 0.2) is 0 Å². The van der Waals surface area contributed by atoms with Gasteiger partial charge in [-0.3, -0.25) is 4.90 Å². The van der Waals surface area contributed by atoms with Crippen LogP contribution in [0.1, 0.15) is 5.56 Å². The molecule has 0 amide bonds. The second kappa shape index (κ2) is 6.07. The monoisotopic (exact) mass is 346 g/mol. The fourth-order valence-corrected chi connectivity index (χ4v) is 3.22. The highest BCUT2D eigenvalue weighted by atomic mass is 35.5. The summed E-state index contributed by atoms with van der Waals surface area (Å²) in [6.07, 6.45) is 4.96. The van der Waals surface area contributed by atoms with E-state index in [9.17, 15) is 0 Å². The van der Waals surface area contributed by atoms with E-state index in [1.807, 2.05) is 41.3 Å². The fourth-order valence-electron chi connectivity index (χ4n) is 2.98. The largest absolute Gasteiger partial charge is 0.341 e. The van der Waals surface area contributed by atoms with Crippen molar-refractivity contribution >= 4 is 28.7 Å². The topological polar surface area (TPSA) is 41.0 Å². The lowest BCUT2D eigenvalue weighted by Gasteiger charge is -2.34. The lowest BCUT2D eigenvalue weighted by atomic mass is 9.99. The molecule has 0 radical (unpaired) electrons. The zero-order valence-corrected chi connectivity index (χ0v) is 14.2. The molecule has 1 aromatic heterocycles. The van der Waals surface area contributed by atoms with E-state index in [4.69, 9.17) is 11.6 Å². The summed E-state index contributed by atoms with van der Waals surface area (Å²) in [4.78, 5) is 10.0. The summed E-state index contributed by atoms with van der Waals surface area (Å²) in [5, 5.41) is 4.06. The maximum atomic E-state index is 6.32. The molecule has 0 bridgehead atoms. The van der Waals surface area contributed by atoms with Gasteiger partial charge in [0.05, 0.1) is 18.1 Å². The molecular weight excluding hydrogens is 332 g/mol. The molecule has 3 aromatic rings. The minimum Gasteiger partial charge on any atom is -0.341 e. The van der Waals surface area contributed by atoms with Crippen molar-refractivity contribution in [1.29, 1.82) is 0 Å². The first-order chi connectivity index (χ1) is 12.1. The number of rotatable bonds is 2. The number of aromatic nitrogens is 2. The smallest absolute Gasteiger partial charge is 0.115 e. The Hall–Kier alpha value is -3.11. The molecule has 1 aliphatic rings. The summed E-state index contributed by atoms with van der Waals surface area (Å²) >= 11 is 6.32. The number of nitrogens with one attached hydrogen (secondary N) is 1. The highest BCUT2D eigenvalue weighted by Crippen LogP contribution is 2.39. The van der Waals surface area contributed by atoms with Crippen molar-refractivity contribution < 1.29 is 0 Å². The van der Waals surface area contributed by atoms with Crippen LogP contribution >= 0.6 is 11.6 Å². The van der Waals surface area contributed by atoms with Gasteiger partial charge in [-0.2, -0.15) is 0 Å². The molecule has 1 N–H and O–H groups in total. The summed E-state index contributed by atoms with van der Waals surface area (Å²) in [7, 11) is 0. The summed E-state index contributed by atoms with van der Waals surface area (Å²) in [6, 6.07) is 13.9. The fraction of sp³-hybridized carbons (Fsp3) is 0. The van der Waals surface area contributed by atoms with E-state index in [0.29, 0.717) is 5.82 Å². The predicted octanol–water partition coefficient (Wildman–Crippen LogP) is 5.17. The normalized spacial score (nSPS) is 13.4. The molecule has 122 valence electrons. The number of hydrogen-bond donors (Lipinski definition) is 1. The van der Waals surface area contributed by atoms with Gasteiger partial charge >= 0.3 is 0 Å². The van der Waals surface area contributed by atoms with Gasteiger partial charge < -0.3 is 5.32 Å². The molecule has 2 heterocycles. The molecule has 0 fully saturated rings. The van der Waals surface area contributed by atoms with E-state index in [2.05, 4.69) is 34.5 Å². The molecule has 0 unspecified atom stereocenters. The molecule has 4 nitrogen and oxygen atoms in total. The van der Waals surface area contributed by atoms with Crippen LogP contribution in [0.2, 0.25) is 5.02 Å². The average Bonchev–Trinajstić information content (AvgIpc) is 2.62. The van der Waals surface area contributed by atoms with Crippen LogP contribution in [-0.4, -0.2) is 9.97 Å². The molecule has 0 saturated carbocycles. The predicted molar refractivity (Wildman–Crippen MR) is 103 cm³/mol. The summed E-state index contributed by atoms with van der Waals surface area (Å²) in [5.41, 5.74) is 5.59. The molecule has 1 aliphatic heterocycles. The van der Waals surface area contributed by atoms with Gasteiger partial charge in [-0.1, -0.05) is 55.1 Å². The van der Waals surface area contributed by atoms with E-state index < -0.39 is 0 Å². The minimum absolute atomic E-state index is 0.698. The van der Waals surface area contributed by atoms with E-state index in [-0.39, 0.29) is 0 Å². The maximum absolute atomic E-state index is 6.32. The highest BCUT2D eigenvalue weighted by Gasteiger charge is 2.24. The lowest BCUT2D eigenvalue weighted by molar-refractivity contribution is 1.09. The van der Waals surface area contributed by atoms with E-state index in [0.717, 1.165) is 38.8 Å². The van der Waals surface area contributed by atoms with Crippen LogP contribution in [0.3, 0.4) is 0 Å². The van der Waals surface area contributed by atoms with E-state index in [1.54, 1.807) is 12.4 Å². The molecular formula is C20H15ClN4. The Kier molecular flexibility index (Phi) is 3.75. The Balaban J connectivity index is 1.77. The minimum atomic E-state index is 0.698. The van der Waals surface area contributed by atoms with Crippen LogP contribution < -0.4 is 10.2 Å². The second-order valence-electron chi connectivity index (χ2n) is 5.69. The van der Waals surface area contributed by atoms with Gasteiger partial charge in [-0.05, 0) is 17.7 Å². The number of benzene rings is 2. The molecule has 0 aliphatic carbocycles. The molecule has 5 heteroatoms. The van der Waals surface area contributed by atoms with Crippen LogP contribution in [0.5, 0.6) is 0 Å². The maximum Gasteiger partial charge on any atom is 0.115 e. The SMILES string of the molecule is C=C1Nc2cc(-c3ccccc3Cl)ccc2C(=C)N1c1cncnc1. The third-order valence-electron chi connectivity index (χ3n) is 4.14. The Morgan fingerprint density at radius 1 is 0.960 bits per heavy atom. The van der Waals surface area contributed by atoms with Crippen LogP contribution in [0, 0.1) is 0 Å². The van der Waals surface area contributed by atoms with Crippen LogP contribution in [0.25, 0.3) is 16.8 Å². The summed E-state index contributed by atoms with van der Waals surface area (Å²) in [6.45, 7) is 8.34. The van der Waals surface area contributed by atoms with Crippen molar-refractivity contribution in [3.05, 3.63) is 90.8 Å². The quantitative estimate of drug-likeness (QED) is 0.695. The molecule has 4 rings (SSSR count). The first-order valence-corrected chi connectivity index (χ1v) is 8.12. The van der Waals surface area contributed by atoms with Gasteiger partial charge in [0.2, 0.25) is 0 Å². The molecule has 0 spiro atoms. The standard InChI is InChI=1S/C20H15ClN4/c1-13-17-8-7-15(18-5-3-4-6-19(18)21)9-20(17)24-14(2)25(13)16-10-22-12-23-11-16/h3-12,24H,1-2H2. The van der Waals surface area contributed by atoms with Gasteiger partial charge in [0, 0.05) is 27.5 Å². The third kappa shape index (κ3) is 2.66. The number of anilines is 2. The second-order valence-corrected chi connectivity index (χ2v) is 6.10. The van der Waals surface area contributed by atoms with Crippen LogP contribution in [-0.2, 0) is 0 Å². The zero-order valence-electron chi connectivity index (χ0n) is 13.4. The number of hydrogen-bond acceptors (Lipinski definition) is 4. The van der Waals surface area contributed by atoms with Gasteiger partial charge in [-0.15, -0.1) is 0 Å². The molecule has 25 heavy (non-hydrogen) atoms. The van der Waals surface area contributed by atoms with Crippen molar-refractivity contribution in [3.8, 4) is 11.1 Å². The first kappa shape index (κ1) is 15.4. The average molecular weight is 347 g/mol. The Labute approximate surface area is 151 Å². The Morgan fingerprint density at radius 3 is 2.48 bits per heavy atom. The van der Waals surface area contributed by atoms with Crippen molar-refractivity contribution in [2.75, 3.05) is 10.2 Å². The zero-order chi connectivity index (χ0) is 17.4. The number of fused-ring (bicyclic) bond motifs is 1. The Morgan fingerprint density at radius 2 is 1.72 bits per heavy atom. The summed E-state index contributed by atoms with van der Waals surface area (Å²) < 4.78 is 0. The number of halogens is 1. The van der Waals surface area contributed by atoms with Gasteiger partial charge in [0.25, 0.3) is 0 Å². The molecule has 0 atom stereocenters. The van der Waals surface area contributed by atoms with Gasteiger partial charge in [-0.25, -0.2) is 9.97 Å². The Bertz CT molecular complexity index is 982. The van der Waals surface area contributed by atoms with Crippen molar-refractivity contribution in [1.82, 2.24) is 9.97 Å². The van der Waals surface area contributed by atoms with E-state index in [1.165, 1.54) is 6.33 Å². The van der Waals surface area contributed by atoms with Crippen LogP contribution in [0.4, 0.5) is 11.4 Å². The van der Waals surface area contributed by atoms with Crippen molar-refractivity contribution in [2.24, 2.45) is 0 Å². The van der Waals surface area contributed by atoms with Crippen molar-refractivity contribution in [2.45, 2.75) is 0 Å². The van der Waals surface area contributed by atoms with Crippen LogP contribution in [0.15, 0.2) is 80.2 Å². The molecule has 0 saturated heterocycles. The number of nitrogens with zero attached hydrogens (tertiary/aromatic N) is 3. The molecule has 2 aromatic carbocycles. The van der Waals surface area contributed by atoms with Crippen molar-refractivity contribution in [3.63, 3.8) is 0 Å². The lowest BCUT2D eigenvalue weighted by Crippen LogP contribution is -2.29.